The van der Waals surface area contributed by atoms with Crippen LogP contribution in [0.15, 0.2) is 35.5 Å². The molecule has 0 radical (unpaired) electrons. The van der Waals surface area contributed by atoms with Gasteiger partial charge in [0.1, 0.15) is 0 Å². The van der Waals surface area contributed by atoms with E-state index < -0.39 is 0 Å². The van der Waals surface area contributed by atoms with Crippen molar-refractivity contribution < 1.29 is 9.84 Å². The molecule has 7 nitrogen and oxygen atoms in total. The Morgan fingerprint density at radius 3 is 2.75 bits per heavy atom. The first-order chi connectivity index (χ1) is 11.2. The summed E-state index contributed by atoms with van der Waals surface area (Å²) in [5.41, 5.74) is 1.77. The number of methoxy groups -OCH3 is 1. The van der Waals surface area contributed by atoms with Crippen LogP contribution in [-0.2, 0) is 20.1 Å². The largest absolute Gasteiger partial charge is 0.504 e. The summed E-state index contributed by atoms with van der Waals surface area (Å²) in [7, 11) is 3.43. The number of hydrogen-bond acceptors (Lipinski definition) is 4. The first kappa shape index (κ1) is 20.1. The number of halogens is 1. The number of nitrogens with one attached hydrogen (secondary N) is 2. The standard InChI is InChI=1S/C16H23N5O2.HI/c1-4-17-16(19-11-13-8-9-20-21(13)2)18-10-12-6-5-7-14(23-3)15(12)22;/h5-9,22H,4,10-11H2,1-3H3,(H2,17,18,19);1H. The van der Waals surface area contributed by atoms with Crippen molar-refractivity contribution in [3.8, 4) is 11.5 Å². The molecule has 1 heterocycles. The number of aromatic hydroxyl groups is 1. The minimum atomic E-state index is 0. The second kappa shape index (κ2) is 10.0. The molecule has 0 fully saturated rings. The lowest BCUT2D eigenvalue weighted by molar-refractivity contribution is 0.370. The summed E-state index contributed by atoms with van der Waals surface area (Å²) in [6.07, 6.45) is 1.76. The van der Waals surface area contributed by atoms with E-state index in [1.807, 2.05) is 36.9 Å². The minimum Gasteiger partial charge on any atom is -0.504 e. The van der Waals surface area contributed by atoms with E-state index >= 15 is 0 Å². The molecule has 0 saturated heterocycles. The molecule has 24 heavy (non-hydrogen) atoms. The zero-order valence-corrected chi connectivity index (χ0v) is 16.4. The van der Waals surface area contributed by atoms with Gasteiger partial charge in [0.25, 0.3) is 0 Å². The van der Waals surface area contributed by atoms with Crippen LogP contribution in [0.25, 0.3) is 0 Å². The molecule has 0 aliphatic heterocycles. The van der Waals surface area contributed by atoms with Crippen molar-refractivity contribution in [3.63, 3.8) is 0 Å². The number of para-hydroxylation sites is 1. The van der Waals surface area contributed by atoms with E-state index in [1.165, 1.54) is 7.11 Å². The lowest BCUT2D eigenvalue weighted by Crippen LogP contribution is -2.37. The second-order valence-corrected chi connectivity index (χ2v) is 4.96. The molecule has 0 unspecified atom stereocenters. The molecule has 2 aromatic rings. The first-order valence-corrected chi connectivity index (χ1v) is 7.49. The molecular weight excluding hydrogens is 421 g/mol. The van der Waals surface area contributed by atoms with Gasteiger partial charge in [-0.25, -0.2) is 4.99 Å². The molecule has 1 aromatic carbocycles. The Balaban J connectivity index is 0.00000288. The van der Waals surface area contributed by atoms with Gasteiger partial charge in [0, 0.05) is 25.4 Å². The van der Waals surface area contributed by atoms with Gasteiger partial charge in [0.2, 0.25) is 0 Å². The maximum atomic E-state index is 10.1. The van der Waals surface area contributed by atoms with Crippen molar-refractivity contribution in [2.45, 2.75) is 20.0 Å². The normalized spacial score (nSPS) is 10.9. The number of hydrogen-bond donors (Lipinski definition) is 3. The lowest BCUT2D eigenvalue weighted by Gasteiger charge is -2.12. The van der Waals surface area contributed by atoms with Crippen LogP contribution in [0.5, 0.6) is 11.5 Å². The SMILES string of the molecule is CCNC(=NCc1cccc(OC)c1O)NCc1ccnn1C.I. The zero-order valence-electron chi connectivity index (χ0n) is 14.1. The van der Waals surface area contributed by atoms with Crippen LogP contribution in [0.2, 0.25) is 0 Å². The number of aromatic nitrogens is 2. The number of nitrogens with zero attached hydrogens (tertiary/aromatic N) is 3. The number of ether oxygens (including phenoxy) is 1. The van der Waals surface area contributed by atoms with E-state index in [0.29, 0.717) is 30.4 Å². The molecule has 0 atom stereocenters. The van der Waals surface area contributed by atoms with Crippen molar-refractivity contribution in [2.24, 2.45) is 12.0 Å². The third-order valence-corrected chi connectivity index (χ3v) is 3.41. The molecule has 0 saturated carbocycles. The highest BCUT2D eigenvalue weighted by molar-refractivity contribution is 14.0. The van der Waals surface area contributed by atoms with Crippen molar-refractivity contribution in [3.05, 3.63) is 41.7 Å². The quantitative estimate of drug-likeness (QED) is 0.360. The Labute approximate surface area is 159 Å². The molecule has 0 aliphatic rings. The number of aliphatic imine (C=N–C) groups is 1. The van der Waals surface area contributed by atoms with Crippen molar-refractivity contribution in [1.29, 1.82) is 0 Å². The van der Waals surface area contributed by atoms with Gasteiger partial charge >= 0.3 is 0 Å². The summed E-state index contributed by atoms with van der Waals surface area (Å²) in [5, 5.41) is 20.7. The predicted molar refractivity (Wildman–Crippen MR) is 105 cm³/mol. The summed E-state index contributed by atoms with van der Waals surface area (Å²) in [6.45, 7) is 3.72. The van der Waals surface area contributed by atoms with E-state index in [1.54, 1.807) is 12.3 Å². The van der Waals surface area contributed by atoms with E-state index in [0.717, 1.165) is 12.2 Å². The Hall–Kier alpha value is -1.97. The average molecular weight is 445 g/mol. The smallest absolute Gasteiger partial charge is 0.191 e. The van der Waals surface area contributed by atoms with Gasteiger partial charge in [-0.05, 0) is 19.1 Å². The van der Waals surface area contributed by atoms with E-state index in [-0.39, 0.29) is 29.7 Å². The molecule has 0 spiro atoms. The third kappa shape index (κ3) is 5.29. The van der Waals surface area contributed by atoms with Gasteiger partial charge in [-0.2, -0.15) is 5.10 Å². The fraction of sp³-hybridized carbons (Fsp3) is 0.375. The van der Waals surface area contributed by atoms with Gasteiger partial charge < -0.3 is 20.5 Å². The summed E-state index contributed by atoms with van der Waals surface area (Å²) in [4.78, 5) is 4.50. The summed E-state index contributed by atoms with van der Waals surface area (Å²) < 4.78 is 6.92. The Morgan fingerprint density at radius 2 is 2.12 bits per heavy atom. The first-order valence-electron chi connectivity index (χ1n) is 7.49. The third-order valence-electron chi connectivity index (χ3n) is 3.41. The molecule has 8 heteroatoms. The Bertz CT molecular complexity index is 672. The van der Waals surface area contributed by atoms with Crippen LogP contribution in [0.1, 0.15) is 18.2 Å². The average Bonchev–Trinajstić information content (AvgIpc) is 2.96. The number of phenols is 1. The highest BCUT2D eigenvalue weighted by Gasteiger charge is 2.07. The van der Waals surface area contributed by atoms with Gasteiger partial charge in [-0.15, -0.1) is 24.0 Å². The van der Waals surface area contributed by atoms with Crippen LogP contribution >= 0.6 is 24.0 Å². The minimum absolute atomic E-state index is 0. The van der Waals surface area contributed by atoms with Crippen molar-refractivity contribution in [1.82, 2.24) is 20.4 Å². The second-order valence-electron chi connectivity index (χ2n) is 4.96. The number of guanidine groups is 1. The molecule has 0 amide bonds. The van der Waals surface area contributed by atoms with Gasteiger partial charge in [0.05, 0.1) is 25.9 Å². The van der Waals surface area contributed by atoms with E-state index in [2.05, 4.69) is 20.7 Å². The summed E-state index contributed by atoms with van der Waals surface area (Å²) in [5.74, 6) is 1.25. The molecular formula is C16H24IN5O2. The van der Waals surface area contributed by atoms with Crippen LogP contribution in [0.4, 0.5) is 0 Å². The van der Waals surface area contributed by atoms with E-state index in [4.69, 9.17) is 4.74 Å². The van der Waals surface area contributed by atoms with Crippen LogP contribution in [0.3, 0.4) is 0 Å². The van der Waals surface area contributed by atoms with Crippen molar-refractivity contribution in [2.75, 3.05) is 13.7 Å². The van der Waals surface area contributed by atoms with Gasteiger partial charge in [-0.1, -0.05) is 12.1 Å². The van der Waals surface area contributed by atoms with Crippen LogP contribution < -0.4 is 15.4 Å². The molecule has 3 N–H and O–H groups in total. The number of aryl methyl sites for hydroxylation is 1. The van der Waals surface area contributed by atoms with Crippen LogP contribution in [0, 0.1) is 0 Å². The monoisotopic (exact) mass is 445 g/mol. The summed E-state index contributed by atoms with van der Waals surface area (Å²) >= 11 is 0. The highest BCUT2D eigenvalue weighted by atomic mass is 127. The molecule has 0 bridgehead atoms. The van der Waals surface area contributed by atoms with E-state index in [9.17, 15) is 5.11 Å². The van der Waals surface area contributed by atoms with Crippen LogP contribution in [-0.4, -0.2) is 34.5 Å². The maximum Gasteiger partial charge on any atom is 0.191 e. The van der Waals surface area contributed by atoms with Gasteiger partial charge in [-0.3, -0.25) is 4.68 Å². The topological polar surface area (TPSA) is 83.7 Å². The Morgan fingerprint density at radius 1 is 1.33 bits per heavy atom. The molecule has 2 rings (SSSR count). The fourth-order valence-corrected chi connectivity index (χ4v) is 2.12. The summed E-state index contributed by atoms with van der Waals surface area (Å²) in [6, 6.07) is 7.32. The number of phenolic OH excluding ortho intramolecular Hbond substituents is 1. The Kier molecular flexibility index (Phi) is 8.37. The highest BCUT2D eigenvalue weighted by Crippen LogP contribution is 2.29. The van der Waals surface area contributed by atoms with Crippen molar-refractivity contribution >= 4 is 29.9 Å². The lowest BCUT2D eigenvalue weighted by atomic mass is 10.2. The number of benzene rings is 1. The molecule has 0 aliphatic carbocycles. The molecule has 1 aromatic heterocycles. The maximum absolute atomic E-state index is 10.1. The zero-order chi connectivity index (χ0) is 16.7. The fourth-order valence-electron chi connectivity index (χ4n) is 2.12. The molecule has 132 valence electrons. The predicted octanol–water partition coefficient (Wildman–Crippen LogP) is 2.01. The van der Waals surface area contributed by atoms with Gasteiger partial charge in [0.15, 0.2) is 17.5 Å². The number of rotatable bonds is 6.